The Morgan fingerprint density at radius 2 is 1.58 bits per heavy atom. The molecular weight excluding hydrogens is 332 g/mol. The Balaban J connectivity index is 1.90. The molecule has 0 radical (unpaired) electrons. The lowest BCUT2D eigenvalue weighted by atomic mass is 10.1. The molecule has 2 aromatic carbocycles. The number of carbonyl (C=O) groups excluding carboxylic acids is 3. The van der Waals surface area contributed by atoms with Gasteiger partial charge in [-0.1, -0.05) is 12.1 Å². The Bertz CT molecular complexity index is 813. The first-order valence-corrected chi connectivity index (χ1v) is 8.33. The Morgan fingerprint density at radius 1 is 0.923 bits per heavy atom. The molecule has 2 rings (SSSR count). The van der Waals surface area contributed by atoms with E-state index in [1.54, 1.807) is 31.2 Å². The lowest BCUT2D eigenvalue weighted by molar-refractivity contribution is -0.123. The van der Waals surface area contributed by atoms with Gasteiger partial charge < -0.3 is 15.4 Å². The molecule has 136 valence electrons. The van der Waals surface area contributed by atoms with Crippen LogP contribution in [0.4, 0.5) is 11.4 Å². The molecule has 0 aromatic heterocycles. The molecule has 0 heterocycles. The predicted molar refractivity (Wildman–Crippen MR) is 100 cm³/mol. The van der Waals surface area contributed by atoms with E-state index >= 15 is 0 Å². The molecule has 6 nitrogen and oxygen atoms in total. The van der Waals surface area contributed by atoms with Crippen LogP contribution in [-0.2, 0) is 14.3 Å². The highest BCUT2D eigenvalue weighted by Crippen LogP contribution is 2.17. The first-order chi connectivity index (χ1) is 12.4. The summed E-state index contributed by atoms with van der Waals surface area (Å²) in [6.07, 6.45) is -0.299. The molecule has 0 atom stereocenters. The number of amides is 2. The fourth-order valence-corrected chi connectivity index (χ4v) is 2.32. The van der Waals surface area contributed by atoms with Crippen LogP contribution in [-0.4, -0.2) is 24.4 Å². The van der Waals surface area contributed by atoms with E-state index in [-0.39, 0.29) is 12.3 Å². The van der Waals surface area contributed by atoms with Crippen molar-refractivity contribution in [1.82, 2.24) is 0 Å². The lowest BCUT2D eigenvalue weighted by Gasteiger charge is -2.10. The maximum Gasteiger partial charge on any atom is 0.338 e. The standard InChI is InChI=1S/C20H22N2O4/c1-4-26-20(25)15-7-9-16(10-8-15)21-18(23)12-19(24)22-17-11-13(2)5-6-14(17)3/h5-11H,4,12H2,1-3H3,(H,21,23)(H,22,24). The van der Waals surface area contributed by atoms with Gasteiger partial charge in [-0.3, -0.25) is 9.59 Å². The van der Waals surface area contributed by atoms with Crippen LogP contribution in [0.15, 0.2) is 42.5 Å². The van der Waals surface area contributed by atoms with Gasteiger partial charge in [0.2, 0.25) is 11.8 Å². The van der Waals surface area contributed by atoms with Crippen molar-refractivity contribution in [2.24, 2.45) is 0 Å². The van der Waals surface area contributed by atoms with E-state index in [2.05, 4.69) is 10.6 Å². The minimum atomic E-state index is -0.434. The van der Waals surface area contributed by atoms with Crippen molar-refractivity contribution in [2.45, 2.75) is 27.2 Å². The second-order valence-electron chi connectivity index (χ2n) is 5.89. The number of carbonyl (C=O) groups is 3. The van der Waals surface area contributed by atoms with E-state index in [0.29, 0.717) is 23.5 Å². The molecule has 0 saturated heterocycles. The summed E-state index contributed by atoms with van der Waals surface area (Å²) in [5.74, 6) is -1.24. The summed E-state index contributed by atoms with van der Waals surface area (Å²) in [6.45, 7) is 5.85. The van der Waals surface area contributed by atoms with Crippen molar-refractivity contribution in [1.29, 1.82) is 0 Å². The Hall–Kier alpha value is -3.15. The number of benzene rings is 2. The van der Waals surface area contributed by atoms with Gasteiger partial charge in [-0.05, 0) is 62.2 Å². The van der Waals surface area contributed by atoms with Crippen LogP contribution >= 0.6 is 0 Å². The minimum Gasteiger partial charge on any atom is -0.462 e. The first-order valence-electron chi connectivity index (χ1n) is 8.33. The molecule has 0 aliphatic heterocycles. The second-order valence-corrected chi connectivity index (χ2v) is 5.89. The van der Waals surface area contributed by atoms with Crippen molar-refractivity contribution in [3.8, 4) is 0 Å². The SMILES string of the molecule is CCOC(=O)c1ccc(NC(=O)CC(=O)Nc2cc(C)ccc2C)cc1. The third-order valence-corrected chi connectivity index (χ3v) is 3.67. The molecule has 0 spiro atoms. The van der Waals surface area contributed by atoms with Gasteiger partial charge in [-0.2, -0.15) is 0 Å². The second kappa shape index (κ2) is 8.80. The van der Waals surface area contributed by atoms with E-state index in [1.165, 1.54) is 0 Å². The average molecular weight is 354 g/mol. The zero-order chi connectivity index (χ0) is 19.1. The zero-order valence-corrected chi connectivity index (χ0v) is 15.1. The quantitative estimate of drug-likeness (QED) is 0.615. The fraction of sp³-hybridized carbons (Fsp3) is 0.250. The number of aryl methyl sites for hydroxylation is 2. The highest BCUT2D eigenvalue weighted by molar-refractivity contribution is 6.08. The fourth-order valence-electron chi connectivity index (χ4n) is 2.32. The molecule has 0 aliphatic carbocycles. The third-order valence-electron chi connectivity index (χ3n) is 3.67. The summed E-state index contributed by atoms with van der Waals surface area (Å²) in [7, 11) is 0. The van der Waals surface area contributed by atoms with Gasteiger partial charge in [0.25, 0.3) is 0 Å². The molecular formula is C20H22N2O4. The van der Waals surface area contributed by atoms with E-state index in [9.17, 15) is 14.4 Å². The van der Waals surface area contributed by atoms with Gasteiger partial charge >= 0.3 is 5.97 Å². The van der Waals surface area contributed by atoms with Crippen LogP contribution in [0.5, 0.6) is 0 Å². The number of hydrogen-bond donors (Lipinski definition) is 2. The van der Waals surface area contributed by atoms with Crippen molar-refractivity contribution >= 4 is 29.2 Å². The van der Waals surface area contributed by atoms with Crippen LogP contribution in [0.25, 0.3) is 0 Å². The van der Waals surface area contributed by atoms with Crippen LogP contribution in [0, 0.1) is 13.8 Å². The highest BCUT2D eigenvalue weighted by Gasteiger charge is 2.12. The van der Waals surface area contributed by atoms with Crippen LogP contribution in [0.2, 0.25) is 0 Å². The highest BCUT2D eigenvalue weighted by atomic mass is 16.5. The number of esters is 1. The van der Waals surface area contributed by atoms with Gasteiger partial charge in [0.1, 0.15) is 6.42 Å². The zero-order valence-electron chi connectivity index (χ0n) is 15.1. The largest absolute Gasteiger partial charge is 0.462 e. The number of ether oxygens (including phenoxy) is 1. The van der Waals surface area contributed by atoms with E-state index in [4.69, 9.17) is 4.74 Å². The maximum absolute atomic E-state index is 12.1. The van der Waals surface area contributed by atoms with E-state index in [1.807, 2.05) is 32.0 Å². The topological polar surface area (TPSA) is 84.5 Å². The van der Waals surface area contributed by atoms with Crippen molar-refractivity contribution in [2.75, 3.05) is 17.2 Å². The van der Waals surface area contributed by atoms with Crippen molar-refractivity contribution in [3.05, 3.63) is 59.2 Å². The van der Waals surface area contributed by atoms with Gasteiger partial charge in [-0.25, -0.2) is 4.79 Å². The molecule has 2 N–H and O–H groups in total. The summed E-state index contributed by atoms with van der Waals surface area (Å²) < 4.78 is 4.90. The van der Waals surface area contributed by atoms with Crippen molar-refractivity contribution < 1.29 is 19.1 Å². The van der Waals surface area contributed by atoms with Crippen LogP contribution in [0.3, 0.4) is 0 Å². The maximum atomic E-state index is 12.1. The third kappa shape index (κ3) is 5.44. The predicted octanol–water partition coefficient (Wildman–Crippen LogP) is 3.45. The monoisotopic (exact) mass is 354 g/mol. The molecule has 2 aromatic rings. The molecule has 2 amide bonds. The molecule has 0 aliphatic rings. The summed E-state index contributed by atoms with van der Waals surface area (Å²) in [5, 5.41) is 5.38. The normalized spacial score (nSPS) is 10.1. The molecule has 0 fully saturated rings. The first kappa shape index (κ1) is 19.2. The number of nitrogens with one attached hydrogen (secondary N) is 2. The minimum absolute atomic E-state index is 0.298. The average Bonchev–Trinajstić information content (AvgIpc) is 2.58. The number of rotatable bonds is 6. The Morgan fingerprint density at radius 3 is 2.23 bits per heavy atom. The number of anilines is 2. The smallest absolute Gasteiger partial charge is 0.338 e. The summed E-state index contributed by atoms with van der Waals surface area (Å²) in [4.78, 5) is 35.7. The van der Waals surface area contributed by atoms with E-state index in [0.717, 1.165) is 11.1 Å². The summed E-state index contributed by atoms with van der Waals surface area (Å²) in [5.41, 5.74) is 3.55. The van der Waals surface area contributed by atoms with Gasteiger partial charge in [-0.15, -0.1) is 0 Å². The molecule has 26 heavy (non-hydrogen) atoms. The summed E-state index contributed by atoms with van der Waals surface area (Å²) >= 11 is 0. The number of hydrogen-bond acceptors (Lipinski definition) is 4. The molecule has 6 heteroatoms. The van der Waals surface area contributed by atoms with Gasteiger partial charge in [0.15, 0.2) is 0 Å². The summed E-state index contributed by atoms with van der Waals surface area (Å²) in [6, 6.07) is 12.0. The lowest BCUT2D eigenvalue weighted by Crippen LogP contribution is -2.21. The Kier molecular flexibility index (Phi) is 6.49. The molecule has 0 bridgehead atoms. The molecule has 0 saturated carbocycles. The van der Waals surface area contributed by atoms with Crippen molar-refractivity contribution in [3.63, 3.8) is 0 Å². The molecule has 0 unspecified atom stereocenters. The van der Waals surface area contributed by atoms with Gasteiger partial charge in [0.05, 0.1) is 12.2 Å². The van der Waals surface area contributed by atoms with Crippen LogP contribution < -0.4 is 10.6 Å². The van der Waals surface area contributed by atoms with Gasteiger partial charge in [0, 0.05) is 11.4 Å². The van der Waals surface area contributed by atoms with E-state index < -0.39 is 11.9 Å². The Labute approximate surface area is 152 Å². The van der Waals surface area contributed by atoms with Crippen LogP contribution in [0.1, 0.15) is 34.8 Å².